The van der Waals surface area contributed by atoms with Crippen molar-refractivity contribution < 1.29 is 14.6 Å². The van der Waals surface area contributed by atoms with Gasteiger partial charge in [0, 0.05) is 0 Å². The van der Waals surface area contributed by atoms with Crippen LogP contribution in [0.25, 0.3) is 0 Å². The first-order chi connectivity index (χ1) is 19.9. The molecule has 4 aliphatic rings. The summed E-state index contributed by atoms with van der Waals surface area (Å²) in [5, 5.41) is 21.1. The topological polar surface area (TPSA) is 70.3 Å². The minimum Gasteiger partial charge on any atom is -0.457 e. The van der Waals surface area contributed by atoms with E-state index in [0.29, 0.717) is 46.0 Å². The Morgan fingerprint density at radius 2 is 1.64 bits per heavy atom. The Kier molecular flexibility index (Phi) is 8.95. The zero-order valence-electron chi connectivity index (χ0n) is 27.3. The maximum atomic E-state index is 12.9. The monoisotopic (exact) mass is 575 g/mol. The Bertz CT molecular complexity index is 1140. The lowest BCUT2D eigenvalue weighted by Gasteiger charge is -2.67. The molecule has 5 rings (SSSR count). The molecule has 0 amide bonds. The lowest BCUT2D eigenvalue weighted by molar-refractivity contribution is -0.190. The Hall–Kier alpha value is -1.86. The summed E-state index contributed by atoms with van der Waals surface area (Å²) < 4.78 is 6.02. The number of hydrogen-bond donors (Lipinski definition) is 1. The van der Waals surface area contributed by atoms with Crippen molar-refractivity contribution in [1.29, 1.82) is 5.26 Å². The van der Waals surface area contributed by atoms with E-state index >= 15 is 0 Å². The number of carbonyl (C=O) groups is 1. The third-order valence-electron chi connectivity index (χ3n) is 14.1. The first-order valence-electron chi connectivity index (χ1n) is 17.3. The molecule has 4 saturated carbocycles. The fourth-order valence-corrected chi connectivity index (χ4v) is 11.5. The molecule has 4 fully saturated rings. The van der Waals surface area contributed by atoms with Crippen molar-refractivity contribution >= 4 is 5.97 Å². The number of benzene rings is 1. The molecule has 1 aromatic carbocycles. The fraction of sp³-hybridized carbons (Fsp3) is 0.789. The number of esters is 1. The van der Waals surface area contributed by atoms with Crippen molar-refractivity contribution in [3.63, 3.8) is 0 Å². The molecule has 0 bridgehead atoms. The van der Waals surface area contributed by atoms with E-state index in [9.17, 15) is 15.2 Å². The Labute approximate surface area is 256 Å². The second kappa shape index (κ2) is 11.9. The molecule has 42 heavy (non-hydrogen) atoms. The van der Waals surface area contributed by atoms with Crippen LogP contribution >= 0.6 is 0 Å². The van der Waals surface area contributed by atoms with Gasteiger partial charge in [-0.15, -0.1) is 0 Å². The van der Waals surface area contributed by atoms with Gasteiger partial charge in [-0.2, -0.15) is 5.26 Å². The van der Waals surface area contributed by atoms with Crippen molar-refractivity contribution in [2.24, 2.45) is 51.8 Å². The van der Waals surface area contributed by atoms with Crippen LogP contribution in [0.1, 0.15) is 135 Å². The van der Waals surface area contributed by atoms with Crippen molar-refractivity contribution in [3.8, 4) is 6.07 Å². The Morgan fingerprint density at radius 3 is 2.31 bits per heavy atom. The Morgan fingerprint density at radius 1 is 0.952 bits per heavy atom. The fourth-order valence-electron chi connectivity index (χ4n) is 11.5. The molecule has 4 nitrogen and oxygen atoms in total. The Balaban J connectivity index is 1.28. The van der Waals surface area contributed by atoms with E-state index in [1.54, 1.807) is 12.1 Å². The van der Waals surface area contributed by atoms with Gasteiger partial charge in [0.2, 0.25) is 0 Å². The van der Waals surface area contributed by atoms with E-state index < -0.39 is 5.60 Å². The average Bonchev–Trinajstić information content (AvgIpc) is 3.35. The molecule has 0 radical (unpaired) electrons. The van der Waals surface area contributed by atoms with E-state index in [-0.39, 0.29) is 18.0 Å². The van der Waals surface area contributed by atoms with Gasteiger partial charge in [0.05, 0.1) is 23.2 Å². The van der Waals surface area contributed by atoms with Gasteiger partial charge in [-0.1, -0.05) is 59.7 Å². The lowest BCUT2D eigenvalue weighted by atomic mass is 9.38. The molecule has 0 aromatic heterocycles. The number of fused-ring (bicyclic) bond motifs is 5. The molecule has 0 aliphatic heterocycles. The third kappa shape index (κ3) is 5.35. The molecule has 0 spiro atoms. The first kappa shape index (κ1) is 31.6. The SMILES string of the molecule is CC[C@@H](C#N)[C@@H](CC[C@@H](C)[C@H]1CC[C@H]2[C@]3(C)CC[C@H]4C[C@](O)(CC)CC[C@]4(C)[C@H]3CC[C@@]21C)OC(=O)c1ccccc1. The zero-order chi connectivity index (χ0) is 30.3. The van der Waals surface area contributed by atoms with Crippen LogP contribution in [0.2, 0.25) is 0 Å². The minimum atomic E-state index is -0.440. The van der Waals surface area contributed by atoms with E-state index in [1.807, 2.05) is 25.1 Å². The van der Waals surface area contributed by atoms with Gasteiger partial charge in [-0.25, -0.2) is 4.79 Å². The maximum Gasteiger partial charge on any atom is 0.338 e. The van der Waals surface area contributed by atoms with Crippen molar-refractivity contribution in [2.75, 3.05) is 0 Å². The number of rotatable bonds is 9. The maximum absolute atomic E-state index is 12.9. The molecule has 0 unspecified atom stereocenters. The smallest absolute Gasteiger partial charge is 0.338 e. The molecule has 4 aliphatic carbocycles. The highest BCUT2D eigenvalue weighted by atomic mass is 16.5. The van der Waals surface area contributed by atoms with E-state index in [1.165, 1.54) is 44.9 Å². The number of nitriles is 1. The van der Waals surface area contributed by atoms with Gasteiger partial charge in [0.15, 0.2) is 0 Å². The van der Waals surface area contributed by atoms with Crippen molar-refractivity contribution in [3.05, 3.63) is 35.9 Å². The van der Waals surface area contributed by atoms with Crippen LogP contribution < -0.4 is 0 Å². The second-order valence-corrected chi connectivity index (χ2v) is 15.9. The number of ether oxygens (including phenoxy) is 1. The number of nitrogens with zero attached hydrogens (tertiary/aromatic N) is 1. The molecule has 232 valence electrons. The van der Waals surface area contributed by atoms with E-state index in [2.05, 4.69) is 40.7 Å². The lowest BCUT2D eigenvalue weighted by Crippen LogP contribution is -2.60. The quantitative estimate of drug-likeness (QED) is 0.298. The van der Waals surface area contributed by atoms with Gasteiger partial charge in [0.25, 0.3) is 0 Å². The zero-order valence-corrected chi connectivity index (χ0v) is 27.3. The largest absolute Gasteiger partial charge is 0.457 e. The van der Waals surface area contributed by atoms with Crippen LogP contribution in [-0.4, -0.2) is 22.8 Å². The van der Waals surface area contributed by atoms with E-state index in [0.717, 1.165) is 43.9 Å². The summed E-state index contributed by atoms with van der Waals surface area (Å²) in [4.78, 5) is 12.9. The highest BCUT2D eigenvalue weighted by molar-refractivity contribution is 5.89. The van der Waals surface area contributed by atoms with Crippen LogP contribution in [0.5, 0.6) is 0 Å². The molecule has 1 aromatic rings. The average molecular weight is 576 g/mol. The number of hydrogen-bond acceptors (Lipinski definition) is 4. The molecule has 1 N–H and O–H groups in total. The third-order valence-corrected chi connectivity index (χ3v) is 14.1. The first-order valence-corrected chi connectivity index (χ1v) is 17.3. The summed E-state index contributed by atoms with van der Waals surface area (Å²) in [6.07, 6.45) is 14.0. The minimum absolute atomic E-state index is 0.275. The van der Waals surface area contributed by atoms with Gasteiger partial charge in [-0.05, 0) is 141 Å². The summed E-state index contributed by atoms with van der Waals surface area (Å²) in [6.45, 7) is 14.5. The highest BCUT2D eigenvalue weighted by Gasteiger charge is 2.66. The molecular weight excluding hydrogens is 518 g/mol. The van der Waals surface area contributed by atoms with Gasteiger partial charge in [-0.3, -0.25) is 0 Å². The normalized spacial score (nSPS) is 41.4. The van der Waals surface area contributed by atoms with E-state index in [4.69, 9.17) is 4.74 Å². The summed E-state index contributed by atoms with van der Waals surface area (Å²) in [6, 6.07) is 11.6. The van der Waals surface area contributed by atoms with Crippen molar-refractivity contribution in [1.82, 2.24) is 0 Å². The van der Waals surface area contributed by atoms with Gasteiger partial charge in [0.1, 0.15) is 6.10 Å². The second-order valence-electron chi connectivity index (χ2n) is 15.9. The van der Waals surface area contributed by atoms with Crippen LogP contribution in [-0.2, 0) is 4.74 Å². The number of aliphatic hydroxyl groups is 1. The molecule has 11 atom stereocenters. The van der Waals surface area contributed by atoms with Gasteiger partial charge >= 0.3 is 5.97 Å². The summed E-state index contributed by atoms with van der Waals surface area (Å²) in [7, 11) is 0. The van der Waals surface area contributed by atoms with Crippen LogP contribution in [0.4, 0.5) is 0 Å². The van der Waals surface area contributed by atoms with Gasteiger partial charge < -0.3 is 9.84 Å². The summed E-state index contributed by atoms with van der Waals surface area (Å²) in [5.41, 5.74) is 1.21. The van der Waals surface area contributed by atoms with Crippen molar-refractivity contribution in [2.45, 2.75) is 137 Å². The van der Waals surface area contributed by atoms with Crippen LogP contribution in [0.15, 0.2) is 30.3 Å². The molecule has 0 saturated heterocycles. The van der Waals surface area contributed by atoms with Crippen LogP contribution in [0, 0.1) is 63.1 Å². The predicted octanol–water partition coefficient (Wildman–Crippen LogP) is 9.37. The molecule has 0 heterocycles. The highest BCUT2D eigenvalue weighted by Crippen LogP contribution is 2.73. The predicted molar refractivity (Wildman–Crippen MR) is 169 cm³/mol. The molecular formula is C38H57NO3. The summed E-state index contributed by atoms with van der Waals surface area (Å²) in [5.74, 6) is 2.81. The van der Waals surface area contributed by atoms with Crippen LogP contribution in [0.3, 0.4) is 0 Å². The standard InChI is InChI=1S/C38H57NO3/c1-7-27(25-39)31(42-34(40)28-12-10-9-11-13-28)16-14-26(3)30-15-17-32-36(30,5)21-19-33-35(4)22-23-38(41,8-2)24-29(35)18-20-37(32,33)6/h9-13,26-27,29-33,41H,7-8,14-24H2,1-6H3/t26-,27+,29+,30-,31-,32-,33-,35+,36-,37+,38+/m1/s1. The number of carbonyl (C=O) groups excluding carboxylic acids is 1. The molecule has 4 heteroatoms. The summed E-state index contributed by atoms with van der Waals surface area (Å²) >= 11 is 0.